The van der Waals surface area contributed by atoms with Gasteiger partial charge in [0, 0.05) is 33.9 Å². The Morgan fingerprint density at radius 3 is 1.37 bits per heavy atom. The molecule has 372 valence electrons. The van der Waals surface area contributed by atoms with Crippen LogP contribution in [-0.4, -0.2) is 60.5 Å². The highest BCUT2D eigenvalue weighted by molar-refractivity contribution is 6.35. The number of alkyl halides is 3. The van der Waals surface area contributed by atoms with Gasteiger partial charge in [0.25, 0.3) is 23.6 Å². The average molecular weight is 1070 g/mol. The van der Waals surface area contributed by atoms with Crippen molar-refractivity contribution >= 4 is 127 Å². The Hall–Kier alpha value is -6.43. The second-order valence-electron chi connectivity index (χ2n) is 15.6. The maximum absolute atomic E-state index is 13.6. The number of carbonyl (C=O) groups excluding carboxylic acids is 6. The van der Waals surface area contributed by atoms with Crippen molar-refractivity contribution in [1.29, 1.82) is 0 Å². The minimum Gasteiger partial charge on any atom is -0.493 e. The van der Waals surface area contributed by atoms with Crippen molar-refractivity contribution in [3.63, 3.8) is 0 Å². The van der Waals surface area contributed by atoms with Gasteiger partial charge in [-0.1, -0.05) is 35.3 Å². The van der Waals surface area contributed by atoms with Gasteiger partial charge in [-0.25, -0.2) is 0 Å². The SMILES string of the molecule is CCOc1cccc(NC(=O)c2cc(N=NC(C(C)=O)C(=O)Nc3ccc(NC(=O)C(N=Nc4ccc(Cl)c(C(=O)Nc5cccc(OCC)c5C(C)Cl)c4)C(C)=O)c(C(C)Cl)c3)ccc2Cl)c1C(C)Cl. The number of halogens is 5. The number of azo groups is 2. The lowest BCUT2D eigenvalue weighted by Gasteiger charge is -2.17. The molecule has 0 saturated heterocycles. The molecule has 4 N–H and O–H groups in total. The molecule has 0 bridgehead atoms. The fourth-order valence-corrected chi connectivity index (χ4v) is 7.99. The van der Waals surface area contributed by atoms with Crippen LogP contribution in [0, 0.1) is 0 Å². The lowest BCUT2D eigenvalue weighted by Crippen LogP contribution is -2.32. The van der Waals surface area contributed by atoms with E-state index in [0.717, 1.165) is 13.8 Å². The molecule has 0 saturated carbocycles. The zero-order valence-electron chi connectivity index (χ0n) is 39.4. The van der Waals surface area contributed by atoms with Gasteiger partial charge in [0.05, 0.1) is 61.9 Å². The first kappa shape index (κ1) is 55.5. The first-order valence-electron chi connectivity index (χ1n) is 22.0. The van der Waals surface area contributed by atoms with E-state index in [1.165, 1.54) is 54.6 Å². The van der Waals surface area contributed by atoms with Crippen LogP contribution >= 0.6 is 58.0 Å². The van der Waals surface area contributed by atoms with Gasteiger partial charge in [-0.2, -0.15) is 20.5 Å². The molecule has 0 aliphatic carbocycles. The predicted molar refractivity (Wildman–Crippen MR) is 279 cm³/mol. The molecule has 16 nitrogen and oxygen atoms in total. The molecule has 5 aromatic carbocycles. The van der Waals surface area contributed by atoms with E-state index in [1.54, 1.807) is 57.2 Å². The van der Waals surface area contributed by atoms with E-state index in [9.17, 15) is 28.8 Å². The monoisotopic (exact) mass is 1060 g/mol. The van der Waals surface area contributed by atoms with E-state index >= 15 is 0 Å². The van der Waals surface area contributed by atoms with E-state index in [4.69, 9.17) is 67.5 Å². The predicted octanol–water partition coefficient (Wildman–Crippen LogP) is 13.6. The summed E-state index contributed by atoms with van der Waals surface area (Å²) in [7, 11) is 0. The number of anilines is 4. The zero-order chi connectivity index (χ0) is 52.1. The maximum Gasteiger partial charge on any atom is 0.258 e. The van der Waals surface area contributed by atoms with Gasteiger partial charge in [-0.15, -0.1) is 34.8 Å². The Balaban J connectivity index is 1.29. The molecular formula is C50H49Cl5N8O8. The minimum atomic E-state index is -1.63. The number of benzene rings is 5. The van der Waals surface area contributed by atoms with Crippen LogP contribution in [0.5, 0.6) is 11.5 Å². The van der Waals surface area contributed by atoms with Gasteiger partial charge in [0.2, 0.25) is 12.1 Å². The van der Waals surface area contributed by atoms with Crippen LogP contribution < -0.4 is 30.7 Å². The Bertz CT molecular complexity index is 2890. The number of ether oxygens (including phenoxy) is 2. The molecule has 5 aromatic rings. The van der Waals surface area contributed by atoms with Crippen LogP contribution in [0.4, 0.5) is 34.1 Å². The van der Waals surface area contributed by atoms with Crippen molar-refractivity contribution in [2.24, 2.45) is 20.5 Å². The molecule has 0 aromatic heterocycles. The van der Waals surface area contributed by atoms with Gasteiger partial charge in [-0.05, 0) is 133 Å². The molecular weight excluding hydrogens is 1020 g/mol. The Labute approximate surface area is 435 Å². The lowest BCUT2D eigenvalue weighted by molar-refractivity contribution is -0.127. The van der Waals surface area contributed by atoms with Crippen LogP contribution in [0.25, 0.3) is 0 Å². The molecule has 21 heteroatoms. The molecule has 4 amide bonds. The largest absolute Gasteiger partial charge is 0.493 e. The van der Waals surface area contributed by atoms with Crippen molar-refractivity contribution in [2.45, 2.75) is 76.7 Å². The van der Waals surface area contributed by atoms with E-state index < -0.39 is 63.4 Å². The summed E-state index contributed by atoms with van der Waals surface area (Å²) in [6.07, 6.45) is 0. The second-order valence-corrected chi connectivity index (χ2v) is 18.4. The maximum atomic E-state index is 13.6. The average Bonchev–Trinajstić information content (AvgIpc) is 3.30. The van der Waals surface area contributed by atoms with Crippen LogP contribution in [0.1, 0.15) is 102 Å². The zero-order valence-corrected chi connectivity index (χ0v) is 43.2. The summed E-state index contributed by atoms with van der Waals surface area (Å²) in [4.78, 5) is 79.5. The van der Waals surface area contributed by atoms with Crippen LogP contribution in [0.2, 0.25) is 10.0 Å². The fraction of sp³-hybridized carbons (Fsp3) is 0.280. The van der Waals surface area contributed by atoms with Gasteiger partial charge in [-0.3, -0.25) is 28.8 Å². The Morgan fingerprint density at radius 1 is 0.535 bits per heavy atom. The van der Waals surface area contributed by atoms with Crippen molar-refractivity contribution in [1.82, 2.24) is 0 Å². The third kappa shape index (κ3) is 14.6. The lowest BCUT2D eigenvalue weighted by atomic mass is 10.1. The van der Waals surface area contributed by atoms with Crippen LogP contribution in [0.3, 0.4) is 0 Å². The number of rotatable bonds is 21. The van der Waals surface area contributed by atoms with Crippen molar-refractivity contribution in [3.05, 3.63) is 129 Å². The number of carbonyl (C=O) groups is 6. The topological polar surface area (TPSA) is 218 Å². The Kier molecular flexibility index (Phi) is 20.0. The van der Waals surface area contributed by atoms with E-state index in [-0.39, 0.29) is 43.9 Å². The van der Waals surface area contributed by atoms with Crippen molar-refractivity contribution in [3.8, 4) is 11.5 Å². The van der Waals surface area contributed by atoms with E-state index in [2.05, 4.69) is 41.7 Å². The number of nitrogens with zero attached hydrogens (tertiary/aromatic N) is 4. The minimum absolute atomic E-state index is 0.0301. The Morgan fingerprint density at radius 2 is 0.972 bits per heavy atom. The highest BCUT2D eigenvalue weighted by Gasteiger charge is 2.27. The molecule has 5 unspecified atom stereocenters. The van der Waals surface area contributed by atoms with Gasteiger partial charge in [0.15, 0.2) is 11.6 Å². The first-order valence-corrected chi connectivity index (χ1v) is 24.0. The summed E-state index contributed by atoms with van der Waals surface area (Å²) >= 11 is 32.3. The quantitative estimate of drug-likeness (QED) is 0.0314. The highest BCUT2D eigenvalue weighted by Crippen LogP contribution is 2.38. The number of hydrogen-bond donors (Lipinski definition) is 4. The van der Waals surface area contributed by atoms with Gasteiger partial charge >= 0.3 is 0 Å². The standard InChI is InChI=1S/C50H49Cl5N8O8/c1-8-70-41-14-10-12-39(43(41)26(4)52)58-47(66)34-23-31(16-19-36(34)54)60-62-45(28(6)64)49(68)56-30-18-21-38(33(22-30)25(3)51)57-50(69)46(29(7)65)63-61-32-17-20-37(55)35(24-32)48(67)59-40-13-11-15-42(71-9-2)44(40)27(5)53/h10-27,45-46H,8-9H2,1-7H3,(H,56,68)(H,57,69)(H,58,66)(H,59,67). The summed E-state index contributed by atoms with van der Waals surface area (Å²) in [5, 5.41) is 25.5. The number of ketones is 2. The molecule has 0 spiro atoms. The normalized spacial score (nSPS) is 13.4. The van der Waals surface area contributed by atoms with Gasteiger partial charge in [0.1, 0.15) is 11.5 Å². The molecule has 71 heavy (non-hydrogen) atoms. The first-order chi connectivity index (χ1) is 33.7. The fourth-order valence-electron chi connectivity index (χ4n) is 6.95. The summed E-state index contributed by atoms with van der Waals surface area (Å²) in [5.74, 6) is -3.15. The number of amides is 4. The number of Topliss-reactive ketones (excluding diaryl/α,β-unsaturated/α-hetero) is 2. The summed E-state index contributed by atoms with van der Waals surface area (Å²) in [6.45, 7) is 11.9. The molecule has 5 atom stereocenters. The molecule has 5 rings (SSSR count). The summed E-state index contributed by atoms with van der Waals surface area (Å²) < 4.78 is 11.4. The third-order valence-corrected chi connectivity index (χ3v) is 11.6. The smallest absolute Gasteiger partial charge is 0.258 e. The molecule has 0 radical (unpaired) electrons. The van der Waals surface area contributed by atoms with E-state index in [0.29, 0.717) is 52.8 Å². The summed E-state index contributed by atoms with van der Waals surface area (Å²) in [6, 6.07) is 19.8. The van der Waals surface area contributed by atoms with Crippen LogP contribution in [0.15, 0.2) is 111 Å². The van der Waals surface area contributed by atoms with E-state index in [1.807, 2.05) is 13.8 Å². The highest BCUT2D eigenvalue weighted by atomic mass is 35.5. The van der Waals surface area contributed by atoms with Crippen molar-refractivity contribution < 1.29 is 38.2 Å². The number of hydrogen-bond acceptors (Lipinski definition) is 12. The van der Waals surface area contributed by atoms with Gasteiger partial charge < -0.3 is 30.7 Å². The third-order valence-electron chi connectivity index (χ3n) is 10.3. The summed E-state index contributed by atoms with van der Waals surface area (Å²) in [5.41, 5.74) is 2.97. The molecule has 0 aliphatic rings. The number of nitrogens with one attached hydrogen (secondary N) is 4. The van der Waals surface area contributed by atoms with Crippen molar-refractivity contribution in [2.75, 3.05) is 34.5 Å². The molecule has 0 aliphatic heterocycles. The van der Waals surface area contributed by atoms with Crippen LogP contribution in [-0.2, 0) is 19.2 Å². The molecule has 0 heterocycles. The second kappa shape index (κ2) is 25.6. The molecule has 0 fully saturated rings.